The number of alkyl halides is 3. The number of carboxylic acid groups (broad SMARTS) is 1. The van der Waals surface area contributed by atoms with Crippen molar-refractivity contribution in [3.8, 4) is 0 Å². The van der Waals surface area contributed by atoms with Gasteiger partial charge in [-0.05, 0) is 17.7 Å². The smallest absolute Gasteiger partial charge is 0.416 e. The van der Waals surface area contributed by atoms with E-state index >= 15 is 0 Å². The van der Waals surface area contributed by atoms with Crippen molar-refractivity contribution in [2.75, 3.05) is 49.0 Å². The minimum Gasteiger partial charge on any atom is -0.481 e. The minimum absolute atomic E-state index is 0.0170. The number of nitrogens with zero attached hydrogens (tertiary/aromatic N) is 4. The van der Waals surface area contributed by atoms with Gasteiger partial charge in [0.25, 0.3) is 0 Å². The highest BCUT2D eigenvalue weighted by molar-refractivity contribution is 7.99. The van der Waals surface area contributed by atoms with Crippen molar-refractivity contribution in [3.63, 3.8) is 0 Å². The Kier molecular flexibility index (Phi) is 8.08. The number of aromatic nitrogens is 2. The summed E-state index contributed by atoms with van der Waals surface area (Å²) in [6, 6.07) is 4.90. The number of benzene rings is 1. The Morgan fingerprint density at radius 2 is 1.91 bits per heavy atom. The molecule has 2 heterocycles. The van der Waals surface area contributed by atoms with E-state index in [1.807, 2.05) is 11.2 Å². The number of anilines is 2. The van der Waals surface area contributed by atoms with Crippen molar-refractivity contribution in [1.29, 1.82) is 0 Å². The third-order valence-electron chi connectivity index (χ3n) is 5.12. The number of carbonyl (C=O) groups is 2. The standard InChI is InChI=1S/C20H25F3N6O3S/c1-33-26-17-5-7-29(25-17)19(32)28-10-8-27(9-11-28)13-14-2-3-15(20(21,22)23)12-16(14)24-6-4-18(30)31/h2-3,5,7,12,24H,4,6,8-11,13H2,1H3,(H,25,26)(H,30,31). The van der Waals surface area contributed by atoms with E-state index in [1.54, 1.807) is 17.2 Å². The molecule has 1 aliphatic heterocycles. The first-order chi connectivity index (χ1) is 15.7. The molecule has 0 bridgehead atoms. The number of rotatable bonds is 8. The number of carbonyl (C=O) groups excluding carboxylic acids is 1. The van der Waals surface area contributed by atoms with Crippen LogP contribution in [0.2, 0.25) is 0 Å². The van der Waals surface area contributed by atoms with E-state index in [0.717, 1.165) is 12.1 Å². The molecule has 1 aliphatic rings. The van der Waals surface area contributed by atoms with Gasteiger partial charge in [-0.15, -0.1) is 5.10 Å². The highest BCUT2D eigenvalue weighted by Gasteiger charge is 2.31. The summed E-state index contributed by atoms with van der Waals surface area (Å²) in [4.78, 5) is 27.1. The Hall–Kier alpha value is -2.93. The van der Waals surface area contributed by atoms with Crippen LogP contribution in [0.4, 0.5) is 29.5 Å². The molecular weight excluding hydrogens is 461 g/mol. The zero-order valence-corrected chi connectivity index (χ0v) is 18.7. The average molecular weight is 487 g/mol. The molecule has 3 rings (SSSR count). The molecule has 1 amide bonds. The molecule has 1 aromatic carbocycles. The zero-order chi connectivity index (χ0) is 24.0. The van der Waals surface area contributed by atoms with Gasteiger partial charge in [0, 0.05) is 63.5 Å². The van der Waals surface area contributed by atoms with E-state index in [1.165, 1.54) is 22.7 Å². The lowest BCUT2D eigenvalue weighted by molar-refractivity contribution is -0.138. The summed E-state index contributed by atoms with van der Waals surface area (Å²) in [5, 5.41) is 15.8. The van der Waals surface area contributed by atoms with Crippen molar-refractivity contribution in [2.45, 2.75) is 19.1 Å². The second-order valence-corrected chi connectivity index (χ2v) is 8.05. The van der Waals surface area contributed by atoms with Gasteiger partial charge < -0.3 is 20.0 Å². The molecule has 0 unspecified atom stereocenters. The average Bonchev–Trinajstić information content (AvgIpc) is 3.23. The first-order valence-electron chi connectivity index (χ1n) is 10.2. The number of amides is 1. The molecule has 0 aliphatic carbocycles. The maximum Gasteiger partial charge on any atom is 0.416 e. The lowest BCUT2D eigenvalue weighted by atomic mass is 10.1. The normalized spacial score (nSPS) is 14.8. The number of carboxylic acids is 1. The topological polar surface area (TPSA) is 103 Å². The number of aliphatic carboxylic acids is 1. The SMILES string of the molecule is CSNc1ccn(C(=O)N2CCN(Cc3ccc(C(F)(F)F)cc3NCCC(=O)O)CC2)n1. The molecule has 9 nitrogen and oxygen atoms in total. The number of nitrogens with one attached hydrogen (secondary N) is 2. The third-order valence-corrected chi connectivity index (χ3v) is 5.53. The lowest BCUT2D eigenvalue weighted by Crippen LogP contribution is -2.49. The summed E-state index contributed by atoms with van der Waals surface area (Å²) in [5.41, 5.74) is 0.0945. The molecule has 180 valence electrons. The maximum atomic E-state index is 13.1. The summed E-state index contributed by atoms with van der Waals surface area (Å²) in [6.07, 6.45) is -1.27. The van der Waals surface area contributed by atoms with Crippen molar-refractivity contribution in [2.24, 2.45) is 0 Å². The van der Waals surface area contributed by atoms with Crippen LogP contribution < -0.4 is 10.0 Å². The van der Waals surface area contributed by atoms with Gasteiger partial charge in [-0.1, -0.05) is 18.0 Å². The summed E-state index contributed by atoms with van der Waals surface area (Å²) < 4.78 is 43.6. The Balaban J connectivity index is 1.62. The van der Waals surface area contributed by atoms with Crippen LogP contribution in [0.5, 0.6) is 0 Å². The molecule has 1 fully saturated rings. The summed E-state index contributed by atoms with van der Waals surface area (Å²) >= 11 is 1.37. The molecule has 13 heteroatoms. The molecule has 3 N–H and O–H groups in total. The van der Waals surface area contributed by atoms with Crippen molar-refractivity contribution < 1.29 is 27.9 Å². The van der Waals surface area contributed by atoms with Gasteiger partial charge in [-0.2, -0.15) is 17.9 Å². The lowest BCUT2D eigenvalue weighted by Gasteiger charge is -2.34. The fourth-order valence-corrected chi connectivity index (χ4v) is 3.75. The van der Waals surface area contributed by atoms with Crippen LogP contribution in [0.15, 0.2) is 30.5 Å². The van der Waals surface area contributed by atoms with Gasteiger partial charge in [0.05, 0.1) is 12.0 Å². The largest absolute Gasteiger partial charge is 0.481 e. The van der Waals surface area contributed by atoms with Crippen molar-refractivity contribution >= 4 is 35.5 Å². The first kappa shape index (κ1) is 24.7. The van der Waals surface area contributed by atoms with E-state index in [2.05, 4.69) is 15.1 Å². The van der Waals surface area contributed by atoms with Gasteiger partial charge in [0.15, 0.2) is 5.82 Å². The fraction of sp³-hybridized carbons (Fsp3) is 0.450. The number of hydrogen-bond acceptors (Lipinski definition) is 7. The highest BCUT2D eigenvalue weighted by atomic mass is 32.2. The molecule has 1 aromatic heterocycles. The highest BCUT2D eigenvalue weighted by Crippen LogP contribution is 2.32. The molecule has 0 spiro atoms. The Labute approximate surface area is 193 Å². The van der Waals surface area contributed by atoms with Crippen molar-refractivity contribution in [1.82, 2.24) is 19.6 Å². The first-order valence-corrected chi connectivity index (χ1v) is 11.4. The van der Waals surface area contributed by atoms with E-state index in [0.29, 0.717) is 44.1 Å². The quantitative estimate of drug-likeness (QED) is 0.489. The minimum atomic E-state index is -4.49. The maximum absolute atomic E-state index is 13.1. The van der Waals surface area contributed by atoms with Gasteiger partial charge in [-0.25, -0.2) is 4.79 Å². The summed E-state index contributed by atoms with van der Waals surface area (Å²) in [6.45, 7) is 2.37. The number of piperazine rings is 1. The van der Waals surface area contributed by atoms with E-state index in [9.17, 15) is 22.8 Å². The Bertz CT molecular complexity index is 976. The van der Waals surface area contributed by atoms with Gasteiger partial charge >= 0.3 is 18.2 Å². The van der Waals surface area contributed by atoms with Gasteiger partial charge in [-0.3, -0.25) is 9.69 Å². The molecule has 0 atom stereocenters. The van der Waals surface area contributed by atoms with E-state index < -0.39 is 17.7 Å². The summed E-state index contributed by atoms with van der Waals surface area (Å²) in [7, 11) is 0. The molecule has 2 aromatic rings. The predicted octanol–water partition coefficient (Wildman–Crippen LogP) is 3.26. The second kappa shape index (κ2) is 10.8. The Morgan fingerprint density at radius 1 is 1.18 bits per heavy atom. The van der Waals surface area contributed by atoms with Crippen LogP contribution in [0.3, 0.4) is 0 Å². The van der Waals surface area contributed by atoms with Crippen LogP contribution >= 0.6 is 11.9 Å². The molecule has 1 saturated heterocycles. The van der Waals surface area contributed by atoms with E-state index in [4.69, 9.17) is 5.11 Å². The van der Waals surface area contributed by atoms with Crippen LogP contribution in [0, 0.1) is 0 Å². The van der Waals surface area contributed by atoms with Crippen LogP contribution in [-0.4, -0.2) is 75.7 Å². The van der Waals surface area contributed by atoms with Gasteiger partial charge in [0.2, 0.25) is 0 Å². The number of hydrogen-bond donors (Lipinski definition) is 3. The molecule has 33 heavy (non-hydrogen) atoms. The predicted molar refractivity (Wildman–Crippen MR) is 119 cm³/mol. The monoisotopic (exact) mass is 486 g/mol. The Morgan fingerprint density at radius 3 is 2.55 bits per heavy atom. The van der Waals surface area contributed by atoms with Gasteiger partial charge in [0.1, 0.15) is 0 Å². The third kappa shape index (κ3) is 6.78. The van der Waals surface area contributed by atoms with Crippen molar-refractivity contribution in [3.05, 3.63) is 41.6 Å². The van der Waals surface area contributed by atoms with Crippen LogP contribution in [-0.2, 0) is 17.5 Å². The molecule has 0 radical (unpaired) electrons. The molecular formula is C20H25F3N6O3S. The fourth-order valence-electron chi connectivity index (χ4n) is 3.43. The van der Waals surface area contributed by atoms with E-state index in [-0.39, 0.29) is 24.7 Å². The number of halogens is 3. The van der Waals surface area contributed by atoms with Crippen LogP contribution in [0.25, 0.3) is 0 Å². The second-order valence-electron chi connectivity index (χ2n) is 7.44. The summed E-state index contributed by atoms with van der Waals surface area (Å²) in [5.74, 6) is -0.454. The zero-order valence-electron chi connectivity index (χ0n) is 17.9. The molecule has 0 saturated carbocycles. The van der Waals surface area contributed by atoms with Crippen LogP contribution in [0.1, 0.15) is 17.5 Å².